The fourth-order valence-corrected chi connectivity index (χ4v) is 2.87. The van der Waals surface area contributed by atoms with Gasteiger partial charge in [-0.3, -0.25) is 5.10 Å². The second-order valence-corrected chi connectivity index (χ2v) is 5.29. The van der Waals surface area contributed by atoms with Crippen LogP contribution >= 0.6 is 0 Å². The smallest absolute Gasteiger partial charge is 0.197 e. The second kappa shape index (κ2) is 3.62. The summed E-state index contributed by atoms with van der Waals surface area (Å²) in [5.41, 5.74) is 0.492. The Labute approximate surface area is 87.5 Å². The van der Waals surface area contributed by atoms with Crippen LogP contribution in [0.15, 0.2) is 23.5 Å². The maximum Gasteiger partial charge on any atom is 0.197 e. The normalized spacial score (nSPS) is 12.1. The van der Waals surface area contributed by atoms with Gasteiger partial charge in [0.05, 0.1) is 11.9 Å². The van der Waals surface area contributed by atoms with Crippen molar-refractivity contribution in [3.05, 3.63) is 18.5 Å². The van der Waals surface area contributed by atoms with Crippen molar-refractivity contribution in [1.82, 2.24) is 15.2 Å². The van der Waals surface area contributed by atoms with E-state index in [0.717, 1.165) is 5.39 Å². The maximum absolute atomic E-state index is 11.8. The Morgan fingerprint density at radius 3 is 3.00 bits per heavy atom. The van der Waals surface area contributed by atoms with E-state index >= 15 is 0 Å². The van der Waals surface area contributed by atoms with Crippen molar-refractivity contribution in [2.75, 3.05) is 5.75 Å². The van der Waals surface area contributed by atoms with E-state index in [1.807, 2.05) is 6.92 Å². The average Bonchev–Trinajstić information content (AvgIpc) is 2.64. The Morgan fingerprint density at radius 1 is 1.47 bits per heavy atom. The summed E-state index contributed by atoms with van der Waals surface area (Å²) in [5.74, 6) is 0.109. The first-order valence-corrected chi connectivity index (χ1v) is 6.31. The molecule has 2 aromatic rings. The first-order chi connectivity index (χ1) is 7.15. The molecular formula is C9H11N3O2S. The van der Waals surface area contributed by atoms with Crippen LogP contribution in [0.3, 0.4) is 0 Å². The number of aromatic nitrogens is 3. The van der Waals surface area contributed by atoms with Gasteiger partial charge in [-0.05, 0) is 12.5 Å². The summed E-state index contributed by atoms with van der Waals surface area (Å²) in [6.07, 6.45) is 3.65. The largest absolute Gasteiger partial charge is 0.275 e. The molecule has 0 fully saturated rings. The minimum atomic E-state index is -3.29. The lowest BCUT2D eigenvalue weighted by atomic mass is 10.3. The second-order valence-electron chi connectivity index (χ2n) is 3.27. The molecule has 2 aromatic heterocycles. The topological polar surface area (TPSA) is 75.7 Å². The molecule has 6 heteroatoms. The third-order valence-electron chi connectivity index (χ3n) is 2.10. The Hall–Kier alpha value is -1.43. The van der Waals surface area contributed by atoms with Gasteiger partial charge in [0, 0.05) is 11.6 Å². The molecule has 0 aliphatic heterocycles. The van der Waals surface area contributed by atoms with Crippen LogP contribution in [0.2, 0.25) is 0 Å². The number of rotatable bonds is 3. The van der Waals surface area contributed by atoms with E-state index in [-0.39, 0.29) is 10.8 Å². The molecule has 0 amide bonds. The van der Waals surface area contributed by atoms with Crippen LogP contribution in [0.5, 0.6) is 0 Å². The summed E-state index contributed by atoms with van der Waals surface area (Å²) >= 11 is 0. The lowest BCUT2D eigenvalue weighted by molar-refractivity contribution is 0.592. The van der Waals surface area contributed by atoms with Gasteiger partial charge in [-0.25, -0.2) is 13.4 Å². The summed E-state index contributed by atoms with van der Waals surface area (Å²) in [5, 5.41) is 7.33. The van der Waals surface area contributed by atoms with Crippen molar-refractivity contribution in [3.8, 4) is 0 Å². The Balaban J connectivity index is 2.66. The van der Waals surface area contributed by atoms with Crippen LogP contribution in [-0.4, -0.2) is 29.4 Å². The van der Waals surface area contributed by atoms with Crippen LogP contribution in [-0.2, 0) is 9.84 Å². The van der Waals surface area contributed by atoms with E-state index in [4.69, 9.17) is 0 Å². The van der Waals surface area contributed by atoms with Crippen molar-refractivity contribution in [3.63, 3.8) is 0 Å². The van der Waals surface area contributed by atoms with Crippen LogP contribution in [0.4, 0.5) is 0 Å². The van der Waals surface area contributed by atoms with Gasteiger partial charge < -0.3 is 0 Å². The molecule has 1 N–H and O–H groups in total. The molecule has 0 atom stereocenters. The van der Waals surface area contributed by atoms with Crippen LogP contribution in [0.25, 0.3) is 10.9 Å². The summed E-state index contributed by atoms with van der Waals surface area (Å²) in [6, 6.07) is 1.73. The monoisotopic (exact) mass is 225 g/mol. The first-order valence-electron chi connectivity index (χ1n) is 4.66. The number of hydrogen-bond donors (Lipinski definition) is 1. The summed E-state index contributed by atoms with van der Waals surface area (Å²) in [4.78, 5) is 3.91. The molecule has 0 saturated carbocycles. The van der Waals surface area contributed by atoms with E-state index in [1.165, 1.54) is 6.20 Å². The summed E-state index contributed by atoms with van der Waals surface area (Å²) in [7, 11) is -3.29. The minimum Gasteiger partial charge on any atom is -0.275 e. The minimum absolute atomic E-state index is 0.0966. The molecule has 0 spiro atoms. The molecule has 0 radical (unpaired) electrons. The Bertz CT molecular complexity index is 574. The SMILES string of the molecule is CCCS(=O)(=O)c1nccc2cn[nH]c12. The molecule has 2 heterocycles. The lowest BCUT2D eigenvalue weighted by Crippen LogP contribution is -2.08. The zero-order valence-electron chi connectivity index (χ0n) is 8.27. The molecule has 0 aliphatic rings. The van der Waals surface area contributed by atoms with E-state index in [2.05, 4.69) is 15.2 Å². The van der Waals surface area contributed by atoms with E-state index in [0.29, 0.717) is 11.9 Å². The van der Waals surface area contributed by atoms with E-state index in [9.17, 15) is 8.42 Å². The third-order valence-corrected chi connectivity index (χ3v) is 3.94. The van der Waals surface area contributed by atoms with E-state index in [1.54, 1.807) is 12.3 Å². The van der Waals surface area contributed by atoms with Crippen LogP contribution in [0.1, 0.15) is 13.3 Å². The highest BCUT2D eigenvalue weighted by molar-refractivity contribution is 7.91. The predicted octanol–water partition coefficient (Wildman–Crippen LogP) is 1.14. The van der Waals surface area contributed by atoms with E-state index < -0.39 is 9.84 Å². The quantitative estimate of drug-likeness (QED) is 0.849. The lowest BCUT2D eigenvalue weighted by Gasteiger charge is -2.01. The highest BCUT2D eigenvalue weighted by Gasteiger charge is 2.18. The van der Waals surface area contributed by atoms with Crippen molar-refractivity contribution < 1.29 is 8.42 Å². The highest BCUT2D eigenvalue weighted by Crippen LogP contribution is 2.19. The van der Waals surface area contributed by atoms with Gasteiger partial charge in [-0.2, -0.15) is 5.10 Å². The molecule has 5 nitrogen and oxygen atoms in total. The van der Waals surface area contributed by atoms with Crippen LogP contribution < -0.4 is 0 Å². The number of sulfone groups is 1. The van der Waals surface area contributed by atoms with Crippen molar-refractivity contribution in [2.24, 2.45) is 0 Å². The number of nitrogens with one attached hydrogen (secondary N) is 1. The van der Waals surface area contributed by atoms with Gasteiger partial charge in [0.25, 0.3) is 0 Å². The van der Waals surface area contributed by atoms with Crippen molar-refractivity contribution >= 4 is 20.7 Å². The summed E-state index contributed by atoms with van der Waals surface area (Å²) in [6.45, 7) is 1.82. The molecule has 0 aliphatic carbocycles. The van der Waals surface area contributed by atoms with Gasteiger partial charge in [0.1, 0.15) is 5.52 Å². The molecule has 15 heavy (non-hydrogen) atoms. The fourth-order valence-electron chi connectivity index (χ4n) is 1.44. The zero-order valence-corrected chi connectivity index (χ0v) is 9.08. The zero-order chi connectivity index (χ0) is 10.9. The molecule has 0 bridgehead atoms. The Morgan fingerprint density at radius 2 is 2.27 bits per heavy atom. The number of fused-ring (bicyclic) bond motifs is 1. The highest BCUT2D eigenvalue weighted by atomic mass is 32.2. The number of H-pyrrole nitrogens is 1. The molecular weight excluding hydrogens is 214 g/mol. The number of pyridine rings is 1. The van der Waals surface area contributed by atoms with Gasteiger partial charge in [0.2, 0.25) is 0 Å². The number of hydrogen-bond acceptors (Lipinski definition) is 4. The van der Waals surface area contributed by atoms with Crippen molar-refractivity contribution in [1.29, 1.82) is 0 Å². The number of nitrogens with zero attached hydrogens (tertiary/aromatic N) is 2. The van der Waals surface area contributed by atoms with Crippen LogP contribution in [0, 0.1) is 0 Å². The molecule has 0 unspecified atom stereocenters. The van der Waals surface area contributed by atoms with Gasteiger partial charge >= 0.3 is 0 Å². The Kier molecular flexibility index (Phi) is 2.44. The predicted molar refractivity (Wildman–Crippen MR) is 56.2 cm³/mol. The van der Waals surface area contributed by atoms with Gasteiger partial charge in [0.15, 0.2) is 14.9 Å². The third kappa shape index (κ3) is 1.72. The van der Waals surface area contributed by atoms with Crippen molar-refractivity contribution in [2.45, 2.75) is 18.4 Å². The fraction of sp³-hybridized carbons (Fsp3) is 0.333. The molecule has 0 saturated heterocycles. The first kappa shape index (κ1) is 10.1. The van der Waals surface area contributed by atoms with Gasteiger partial charge in [-0.1, -0.05) is 6.92 Å². The molecule has 2 rings (SSSR count). The maximum atomic E-state index is 11.8. The summed E-state index contributed by atoms with van der Waals surface area (Å²) < 4.78 is 23.7. The average molecular weight is 225 g/mol. The van der Waals surface area contributed by atoms with Gasteiger partial charge in [-0.15, -0.1) is 0 Å². The number of aromatic amines is 1. The molecule has 80 valence electrons. The molecule has 0 aromatic carbocycles. The standard InChI is InChI=1S/C9H11N3O2S/c1-2-5-15(13,14)9-8-7(3-4-10-9)6-11-12-8/h3-4,6H,2,5H2,1H3,(H,11,12).